The standard InChI is InChI=1S/C14H18N2O4/c1-10(2)12-8-11(15-4-6-20-7-5-15)9-13(19-3)14(12)16(17)18/h8-9H,1,4-7H2,2-3H3. The molecule has 0 N–H and O–H groups in total. The Morgan fingerprint density at radius 3 is 2.60 bits per heavy atom. The number of rotatable bonds is 4. The Morgan fingerprint density at radius 2 is 2.10 bits per heavy atom. The Hall–Kier alpha value is -2.08. The number of nitrogens with zero attached hydrogens (tertiary/aromatic N) is 2. The second-order valence-electron chi connectivity index (χ2n) is 4.68. The Morgan fingerprint density at radius 1 is 1.45 bits per heavy atom. The van der Waals surface area contributed by atoms with Gasteiger partial charge in [0.05, 0.1) is 30.8 Å². The van der Waals surface area contributed by atoms with Gasteiger partial charge in [-0.2, -0.15) is 0 Å². The number of hydrogen-bond acceptors (Lipinski definition) is 5. The molecule has 6 nitrogen and oxygen atoms in total. The summed E-state index contributed by atoms with van der Waals surface area (Å²) in [6, 6.07) is 3.50. The maximum absolute atomic E-state index is 11.2. The molecular weight excluding hydrogens is 260 g/mol. The lowest BCUT2D eigenvalue weighted by Gasteiger charge is -2.29. The fraction of sp³-hybridized carbons (Fsp3) is 0.429. The maximum Gasteiger partial charge on any atom is 0.318 e. The van der Waals surface area contributed by atoms with Crippen LogP contribution in [-0.2, 0) is 4.74 Å². The van der Waals surface area contributed by atoms with E-state index in [1.165, 1.54) is 7.11 Å². The third kappa shape index (κ3) is 2.75. The normalized spacial score (nSPS) is 15.0. The molecule has 20 heavy (non-hydrogen) atoms. The highest BCUT2D eigenvalue weighted by Crippen LogP contribution is 2.38. The van der Waals surface area contributed by atoms with Gasteiger partial charge < -0.3 is 14.4 Å². The van der Waals surface area contributed by atoms with Crippen molar-refractivity contribution in [1.29, 1.82) is 0 Å². The zero-order chi connectivity index (χ0) is 14.7. The molecule has 0 aromatic heterocycles. The zero-order valence-electron chi connectivity index (χ0n) is 11.7. The monoisotopic (exact) mass is 278 g/mol. The summed E-state index contributed by atoms with van der Waals surface area (Å²) >= 11 is 0. The molecule has 0 unspecified atom stereocenters. The number of benzene rings is 1. The lowest BCUT2D eigenvalue weighted by atomic mass is 10.0. The van der Waals surface area contributed by atoms with E-state index in [9.17, 15) is 10.1 Å². The Balaban J connectivity index is 2.52. The van der Waals surface area contributed by atoms with Crippen LogP contribution in [0.25, 0.3) is 5.57 Å². The molecule has 1 fully saturated rings. The first-order chi connectivity index (χ1) is 9.54. The van der Waals surface area contributed by atoms with Crippen molar-refractivity contribution in [3.05, 3.63) is 34.4 Å². The number of nitro groups is 1. The van der Waals surface area contributed by atoms with Gasteiger partial charge in [0.15, 0.2) is 5.75 Å². The second kappa shape index (κ2) is 5.92. The number of hydrogen-bond donors (Lipinski definition) is 0. The number of nitro benzene ring substituents is 1. The van der Waals surface area contributed by atoms with E-state index in [-0.39, 0.29) is 11.4 Å². The Labute approximate surface area is 117 Å². The summed E-state index contributed by atoms with van der Waals surface area (Å²) in [5.41, 5.74) is 2.02. The van der Waals surface area contributed by atoms with Gasteiger partial charge in [0.25, 0.3) is 0 Å². The molecule has 0 radical (unpaired) electrons. The summed E-state index contributed by atoms with van der Waals surface area (Å²) in [7, 11) is 1.44. The van der Waals surface area contributed by atoms with Crippen molar-refractivity contribution in [2.45, 2.75) is 6.92 Å². The van der Waals surface area contributed by atoms with Gasteiger partial charge in [-0.1, -0.05) is 6.58 Å². The summed E-state index contributed by atoms with van der Waals surface area (Å²) in [5.74, 6) is 0.261. The van der Waals surface area contributed by atoms with E-state index < -0.39 is 4.92 Å². The van der Waals surface area contributed by atoms with E-state index in [4.69, 9.17) is 9.47 Å². The minimum Gasteiger partial charge on any atom is -0.490 e. The molecule has 1 aliphatic heterocycles. The number of allylic oxidation sites excluding steroid dienone is 1. The molecule has 108 valence electrons. The Kier molecular flexibility index (Phi) is 4.24. The van der Waals surface area contributed by atoms with Crippen molar-refractivity contribution in [2.24, 2.45) is 0 Å². The number of methoxy groups -OCH3 is 1. The third-order valence-corrected chi connectivity index (χ3v) is 3.30. The van der Waals surface area contributed by atoms with Crippen LogP contribution in [0.15, 0.2) is 18.7 Å². The molecule has 0 amide bonds. The summed E-state index contributed by atoms with van der Waals surface area (Å²) < 4.78 is 10.5. The van der Waals surface area contributed by atoms with Crippen LogP contribution >= 0.6 is 0 Å². The van der Waals surface area contributed by atoms with E-state index in [1.807, 2.05) is 0 Å². The molecule has 1 saturated heterocycles. The number of ether oxygens (including phenoxy) is 2. The predicted molar refractivity (Wildman–Crippen MR) is 77.4 cm³/mol. The molecule has 0 saturated carbocycles. The fourth-order valence-corrected chi connectivity index (χ4v) is 2.27. The molecule has 1 aromatic carbocycles. The van der Waals surface area contributed by atoms with E-state index in [2.05, 4.69) is 11.5 Å². The van der Waals surface area contributed by atoms with Crippen LogP contribution in [-0.4, -0.2) is 38.3 Å². The molecule has 0 aliphatic carbocycles. The van der Waals surface area contributed by atoms with Crippen LogP contribution in [0.4, 0.5) is 11.4 Å². The lowest BCUT2D eigenvalue weighted by molar-refractivity contribution is -0.386. The van der Waals surface area contributed by atoms with Crippen LogP contribution in [0.2, 0.25) is 0 Å². The smallest absolute Gasteiger partial charge is 0.318 e. The van der Waals surface area contributed by atoms with Crippen molar-refractivity contribution in [1.82, 2.24) is 0 Å². The highest BCUT2D eigenvalue weighted by Gasteiger charge is 2.24. The highest BCUT2D eigenvalue weighted by atomic mass is 16.6. The van der Waals surface area contributed by atoms with E-state index >= 15 is 0 Å². The zero-order valence-corrected chi connectivity index (χ0v) is 11.7. The van der Waals surface area contributed by atoms with Gasteiger partial charge in [0.1, 0.15) is 0 Å². The molecule has 6 heteroatoms. The number of anilines is 1. The predicted octanol–water partition coefficient (Wildman–Crippen LogP) is 2.47. The van der Waals surface area contributed by atoms with Crippen LogP contribution in [0.1, 0.15) is 12.5 Å². The van der Waals surface area contributed by atoms with Gasteiger partial charge in [0.2, 0.25) is 0 Å². The molecule has 1 aliphatic rings. The third-order valence-electron chi connectivity index (χ3n) is 3.30. The molecule has 1 heterocycles. The first kappa shape index (κ1) is 14.3. The molecule has 0 atom stereocenters. The van der Waals surface area contributed by atoms with E-state index in [1.54, 1.807) is 19.1 Å². The van der Waals surface area contributed by atoms with Gasteiger partial charge in [0, 0.05) is 24.8 Å². The largest absolute Gasteiger partial charge is 0.490 e. The molecular formula is C14H18N2O4. The van der Waals surface area contributed by atoms with Gasteiger partial charge in [-0.3, -0.25) is 10.1 Å². The van der Waals surface area contributed by atoms with Crippen molar-refractivity contribution in [2.75, 3.05) is 38.3 Å². The lowest BCUT2D eigenvalue weighted by Crippen LogP contribution is -2.36. The Bertz CT molecular complexity index is 536. The average molecular weight is 278 g/mol. The van der Waals surface area contributed by atoms with Crippen LogP contribution in [0, 0.1) is 10.1 Å². The maximum atomic E-state index is 11.2. The summed E-state index contributed by atoms with van der Waals surface area (Å²) in [6.07, 6.45) is 0. The first-order valence-electron chi connectivity index (χ1n) is 6.39. The summed E-state index contributed by atoms with van der Waals surface area (Å²) in [4.78, 5) is 12.9. The molecule has 1 aromatic rings. The van der Waals surface area contributed by atoms with Crippen LogP contribution < -0.4 is 9.64 Å². The average Bonchev–Trinajstić information content (AvgIpc) is 2.46. The van der Waals surface area contributed by atoms with Crippen molar-refractivity contribution in [3.63, 3.8) is 0 Å². The SMILES string of the molecule is C=C(C)c1cc(N2CCOCC2)cc(OC)c1[N+](=O)[O-]. The highest BCUT2D eigenvalue weighted by molar-refractivity contribution is 5.78. The van der Waals surface area contributed by atoms with Crippen molar-refractivity contribution in [3.8, 4) is 5.75 Å². The van der Waals surface area contributed by atoms with Gasteiger partial charge in [-0.15, -0.1) is 0 Å². The minimum absolute atomic E-state index is 0.0305. The molecule has 0 bridgehead atoms. The quantitative estimate of drug-likeness (QED) is 0.625. The van der Waals surface area contributed by atoms with Crippen LogP contribution in [0.5, 0.6) is 5.75 Å². The van der Waals surface area contributed by atoms with Crippen LogP contribution in [0.3, 0.4) is 0 Å². The summed E-state index contributed by atoms with van der Waals surface area (Å²) in [5, 5.41) is 11.2. The van der Waals surface area contributed by atoms with Gasteiger partial charge in [-0.05, 0) is 18.6 Å². The minimum atomic E-state index is -0.425. The van der Waals surface area contributed by atoms with Crippen molar-refractivity contribution < 1.29 is 14.4 Å². The first-order valence-corrected chi connectivity index (χ1v) is 6.39. The van der Waals surface area contributed by atoms with E-state index in [0.717, 1.165) is 18.8 Å². The van der Waals surface area contributed by atoms with Crippen molar-refractivity contribution >= 4 is 16.9 Å². The molecule has 2 rings (SSSR count). The topological polar surface area (TPSA) is 64.8 Å². The van der Waals surface area contributed by atoms with E-state index in [0.29, 0.717) is 24.4 Å². The second-order valence-corrected chi connectivity index (χ2v) is 4.68. The molecule has 0 spiro atoms. The number of morpholine rings is 1. The van der Waals surface area contributed by atoms with Gasteiger partial charge in [-0.25, -0.2) is 0 Å². The van der Waals surface area contributed by atoms with Gasteiger partial charge >= 0.3 is 5.69 Å². The summed E-state index contributed by atoms with van der Waals surface area (Å²) in [6.45, 7) is 8.41. The fourth-order valence-electron chi connectivity index (χ4n) is 2.27.